The monoisotopic (exact) mass is 302 g/mol. The molecule has 0 unspecified atom stereocenters. The maximum Gasteiger partial charge on any atom is 0.241 e. The molecule has 0 bridgehead atoms. The third-order valence-electron chi connectivity index (χ3n) is 3.67. The van der Waals surface area contributed by atoms with E-state index < -0.39 is 10.0 Å². The van der Waals surface area contributed by atoms with Gasteiger partial charge in [0.1, 0.15) is 0 Å². The molecule has 1 aromatic heterocycles. The van der Waals surface area contributed by atoms with Crippen molar-refractivity contribution < 1.29 is 8.42 Å². The third kappa shape index (κ3) is 3.78. The molecule has 1 saturated carbocycles. The van der Waals surface area contributed by atoms with Crippen LogP contribution in [0.15, 0.2) is 16.3 Å². The van der Waals surface area contributed by atoms with Gasteiger partial charge >= 0.3 is 0 Å². The highest BCUT2D eigenvalue weighted by Crippen LogP contribution is 2.49. The number of nitrogens with one attached hydrogen (secondary N) is 2. The van der Waals surface area contributed by atoms with Crippen LogP contribution >= 0.6 is 11.3 Å². The molecule has 1 fully saturated rings. The second kappa shape index (κ2) is 5.91. The molecular formula is C13H22N2O2S2. The Bertz CT molecular complexity index is 519. The standard InChI is InChI=1S/C13H22N2O2S2/c1-3-4-13(5-6-13)10-15-19(16,17)12-7-11(8-14-2)18-9-12/h7,9,14-15H,3-6,8,10H2,1-2H3. The van der Waals surface area contributed by atoms with Crippen molar-refractivity contribution in [2.45, 2.75) is 44.0 Å². The lowest BCUT2D eigenvalue weighted by Crippen LogP contribution is -2.30. The van der Waals surface area contributed by atoms with Crippen molar-refractivity contribution in [2.75, 3.05) is 13.6 Å². The summed E-state index contributed by atoms with van der Waals surface area (Å²) in [4.78, 5) is 1.44. The van der Waals surface area contributed by atoms with Crippen molar-refractivity contribution >= 4 is 21.4 Å². The predicted octanol–water partition coefficient (Wildman–Crippen LogP) is 2.33. The number of hydrogen-bond donors (Lipinski definition) is 2. The first-order valence-electron chi connectivity index (χ1n) is 6.73. The van der Waals surface area contributed by atoms with Crippen LogP contribution in [0, 0.1) is 5.41 Å². The largest absolute Gasteiger partial charge is 0.315 e. The van der Waals surface area contributed by atoms with Crippen LogP contribution in [0.1, 0.15) is 37.5 Å². The summed E-state index contributed by atoms with van der Waals surface area (Å²) in [6.07, 6.45) is 4.53. The molecule has 0 radical (unpaired) electrons. The summed E-state index contributed by atoms with van der Waals surface area (Å²) in [7, 11) is -1.48. The average Bonchev–Trinajstić information content (AvgIpc) is 2.96. The van der Waals surface area contributed by atoms with E-state index in [4.69, 9.17) is 0 Å². The van der Waals surface area contributed by atoms with Crippen LogP contribution in [0.2, 0.25) is 0 Å². The lowest BCUT2D eigenvalue weighted by Gasteiger charge is -2.14. The molecule has 1 heterocycles. The number of thiophene rings is 1. The zero-order valence-corrected chi connectivity index (χ0v) is 13.2. The van der Waals surface area contributed by atoms with Crippen LogP contribution in [-0.2, 0) is 16.6 Å². The molecule has 1 aliphatic rings. The summed E-state index contributed by atoms with van der Waals surface area (Å²) >= 11 is 1.48. The zero-order valence-electron chi connectivity index (χ0n) is 11.5. The van der Waals surface area contributed by atoms with Crippen molar-refractivity contribution in [3.8, 4) is 0 Å². The summed E-state index contributed by atoms with van der Waals surface area (Å²) in [6, 6.07) is 1.75. The Balaban J connectivity index is 1.97. The quantitative estimate of drug-likeness (QED) is 0.775. The van der Waals surface area contributed by atoms with Gasteiger partial charge in [-0.2, -0.15) is 0 Å². The molecule has 1 aliphatic carbocycles. The Morgan fingerprint density at radius 2 is 2.16 bits per heavy atom. The summed E-state index contributed by atoms with van der Waals surface area (Å²) in [5, 5.41) is 4.74. The summed E-state index contributed by atoms with van der Waals surface area (Å²) in [6.45, 7) is 3.44. The topological polar surface area (TPSA) is 58.2 Å². The Hall–Kier alpha value is -0.430. The fourth-order valence-corrected chi connectivity index (χ4v) is 4.77. The molecular weight excluding hydrogens is 280 g/mol. The summed E-state index contributed by atoms with van der Waals surface area (Å²) < 4.78 is 27.2. The van der Waals surface area contributed by atoms with Gasteiger partial charge < -0.3 is 5.32 Å². The van der Waals surface area contributed by atoms with Crippen LogP contribution in [0.25, 0.3) is 0 Å². The molecule has 2 rings (SSSR count). The smallest absolute Gasteiger partial charge is 0.241 e. The van der Waals surface area contributed by atoms with E-state index in [0.717, 1.165) is 30.6 Å². The highest BCUT2D eigenvalue weighted by atomic mass is 32.2. The number of sulfonamides is 1. The lowest BCUT2D eigenvalue weighted by molar-refractivity contribution is 0.449. The van der Waals surface area contributed by atoms with Gasteiger partial charge in [-0.15, -0.1) is 11.3 Å². The van der Waals surface area contributed by atoms with Crippen LogP contribution in [-0.4, -0.2) is 22.0 Å². The number of hydrogen-bond acceptors (Lipinski definition) is 4. The zero-order chi connectivity index (χ0) is 13.9. The molecule has 0 spiro atoms. The molecule has 1 aromatic rings. The van der Waals surface area contributed by atoms with Gasteiger partial charge in [-0.1, -0.05) is 13.3 Å². The Kier molecular flexibility index (Phi) is 4.66. The maximum atomic E-state index is 12.2. The van der Waals surface area contributed by atoms with Crippen LogP contribution in [0.5, 0.6) is 0 Å². The maximum absolute atomic E-state index is 12.2. The predicted molar refractivity (Wildman–Crippen MR) is 78.8 cm³/mol. The van der Waals surface area contributed by atoms with E-state index in [1.165, 1.54) is 11.3 Å². The second-order valence-electron chi connectivity index (χ2n) is 5.35. The molecule has 4 nitrogen and oxygen atoms in total. The first-order chi connectivity index (χ1) is 9.01. The van der Waals surface area contributed by atoms with Gasteiger partial charge in [0.05, 0.1) is 4.90 Å². The fraction of sp³-hybridized carbons (Fsp3) is 0.692. The molecule has 2 N–H and O–H groups in total. The number of rotatable bonds is 8. The molecule has 19 heavy (non-hydrogen) atoms. The molecule has 0 amide bonds. The van der Waals surface area contributed by atoms with Crippen LogP contribution in [0.4, 0.5) is 0 Å². The first-order valence-corrected chi connectivity index (χ1v) is 9.09. The highest BCUT2D eigenvalue weighted by Gasteiger charge is 2.42. The molecule has 108 valence electrons. The van der Waals surface area contributed by atoms with Crippen molar-refractivity contribution in [1.29, 1.82) is 0 Å². The minimum Gasteiger partial charge on any atom is -0.315 e. The van der Waals surface area contributed by atoms with E-state index >= 15 is 0 Å². The van der Waals surface area contributed by atoms with Crippen molar-refractivity contribution in [2.24, 2.45) is 5.41 Å². The normalized spacial score (nSPS) is 17.6. The molecule has 0 aliphatic heterocycles. The van der Waals surface area contributed by atoms with Gasteiger partial charge in [-0.25, -0.2) is 13.1 Å². The molecule has 0 aromatic carbocycles. The van der Waals surface area contributed by atoms with E-state index in [1.807, 2.05) is 7.05 Å². The molecule has 0 atom stereocenters. The van der Waals surface area contributed by atoms with E-state index in [2.05, 4.69) is 17.0 Å². The van der Waals surface area contributed by atoms with Crippen LogP contribution in [0.3, 0.4) is 0 Å². The van der Waals surface area contributed by atoms with Gasteiger partial charge in [0.2, 0.25) is 10.0 Å². The highest BCUT2D eigenvalue weighted by molar-refractivity contribution is 7.89. The van der Waals surface area contributed by atoms with Crippen molar-refractivity contribution in [3.05, 3.63) is 16.3 Å². The van der Waals surface area contributed by atoms with Crippen LogP contribution < -0.4 is 10.0 Å². The first kappa shape index (κ1) is 15.0. The summed E-state index contributed by atoms with van der Waals surface area (Å²) in [5.74, 6) is 0. The van der Waals surface area contributed by atoms with Gasteiger partial charge in [-0.3, -0.25) is 0 Å². The lowest BCUT2D eigenvalue weighted by atomic mass is 10.0. The molecule has 6 heteroatoms. The minimum absolute atomic E-state index is 0.242. The van der Waals surface area contributed by atoms with E-state index in [9.17, 15) is 8.42 Å². The molecule has 0 saturated heterocycles. The third-order valence-corrected chi connectivity index (χ3v) is 6.13. The SMILES string of the molecule is CCCC1(CNS(=O)(=O)c2csc(CNC)c2)CC1. The van der Waals surface area contributed by atoms with Crippen molar-refractivity contribution in [1.82, 2.24) is 10.0 Å². The van der Waals surface area contributed by atoms with E-state index in [-0.39, 0.29) is 5.41 Å². The van der Waals surface area contributed by atoms with Gasteiger partial charge in [0, 0.05) is 23.3 Å². The fourth-order valence-electron chi connectivity index (χ4n) is 2.32. The summed E-state index contributed by atoms with van der Waals surface area (Å²) in [5.41, 5.74) is 0.242. The van der Waals surface area contributed by atoms with E-state index in [1.54, 1.807) is 11.4 Å². The minimum atomic E-state index is -3.34. The van der Waals surface area contributed by atoms with Gasteiger partial charge in [0.25, 0.3) is 0 Å². The van der Waals surface area contributed by atoms with E-state index in [0.29, 0.717) is 18.0 Å². The van der Waals surface area contributed by atoms with Gasteiger partial charge in [-0.05, 0) is 37.8 Å². The Morgan fingerprint density at radius 3 is 2.74 bits per heavy atom. The second-order valence-corrected chi connectivity index (χ2v) is 8.12. The van der Waals surface area contributed by atoms with Crippen molar-refractivity contribution in [3.63, 3.8) is 0 Å². The van der Waals surface area contributed by atoms with Gasteiger partial charge in [0.15, 0.2) is 0 Å². The average molecular weight is 302 g/mol. The Labute approximate surface area is 119 Å². The Morgan fingerprint density at radius 1 is 1.42 bits per heavy atom.